The second kappa shape index (κ2) is 10.4. The van der Waals surface area contributed by atoms with Crippen molar-refractivity contribution >= 4 is 52.6 Å². The van der Waals surface area contributed by atoms with Gasteiger partial charge in [0.05, 0.1) is 28.2 Å². The van der Waals surface area contributed by atoms with Gasteiger partial charge in [-0.3, -0.25) is 29.6 Å². The summed E-state index contributed by atoms with van der Waals surface area (Å²) in [5, 5.41) is 4.04. The number of hydrazine groups is 1. The first kappa shape index (κ1) is 25.5. The van der Waals surface area contributed by atoms with Gasteiger partial charge < -0.3 is 10.1 Å². The van der Waals surface area contributed by atoms with Crippen LogP contribution in [0.3, 0.4) is 0 Å². The van der Waals surface area contributed by atoms with Crippen molar-refractivity contribution in [1.29, 1.82) is 0 Å². The molecule has 1 aliphatic heterocycles. The van der Waals surface area contributed by atoms with Gasteiger partial charge in [-0.2, -0.15) is 0 Å². The van der Waals surface area contributed by atoms with Crippen molar-refractivity contribution in [2.45, 2.75) is 32.6 Å². The highest BCUT2D eigenvalue weighted by atomic mass is 35.5. The number of carbonyl (C=O) groups is 4. The number of amides is 3. The lowest BCUT2D eigenvalue weighted by Gasteiger charge is -2.20. The van der Waals surface area contributed by atoms with E-state index in [4.69, 9.17) is 27.9 Å². The van der Waals surface area contributed by atoms with Gasteiger partial charge in [0.1, 0.15) is 0 Å². The van der Waals surface area contributed by atoms with Crippen LogP contribution in [0.2, 0.25) is 10.0 Å². The number of hydrogen-bond donors (Lipinski definition) is 2. The van der Waals surface area contributed by atoms with Crippen LogP contribution in [-0.2, 0) is 24.5 Å². The average Bonchev–Trinajstić information content (AvgIpc) is 3.15. The molecule has 0 spiro atoms. The summed E-state index contributed by atoms with van der Waals surface area (Å²) in [6, 6.07) is 11.8. The van der Waals surface area contributed by atoms with Gasteiger partial charge in [0.25, 0.3) is 11.8 Å². The molecule has 0 radical (unpaired) electrons. The van der Waals surface area contributed by atoms with E-state index in [1.54, 1.807) is 30.3 Å². The van der Waals surface area contributed by atoms with Gasteiger partial charge in [0, 0.05) is 12.0 Å². The van der Waals surface area contributed by atoms with E-state index in [9.17, 15) is 19.2 Å². The molecule has 1 saturated heterocycles. The van der Waals surface area contributed by atoms with Crippen LogP contribution in [0.1, 0.15) is 43.1 Å². The molecule has 1 heterocycles. The number of nitrogens with zero attached hydrogens (tertiary/aromatic N) is 1. The van der Waals surface area contributed by atoms with Crippen LogP contribution in [0.15, 0.2) is 42.5 Å². The number of carbonyl (C=O) groups excluding carboxylic acids is 4. The lowest BCUT2D eigenvalue weighted by atomic mass is 9.87. The molecule has 2 N–H and O–H groups in total. The first-order chi connectivity index (χ1) is 16.0. The third kappa shape index (κ3) is 6.27. The molecule has 10 heteroatoms. The van der Waals surface area contributed by atoms with Gasteiger partial charge in [-0.1, -0.05) is 62.2 Å². The monoisotopic (exact) mass is 505 g/mol. The molecular formula is C24H25Cl2N3O5. The first-order valence-electron chi connectivity index (χ1n) is 10.6. The highest BCUT2D eigenvalue weighted by Crippen LogP contribution is 2.29. The molecule has 0 bridgehead atoms. The summed E-state index contributed by atoms with van der Waals surface area (Å²) in [7, 11) is 0. The average molecular weight is 506 g/mol. The molecule has 0 aromatic heterocycles. The van der Waals surface area contributed by atoms with E-state index in [1.807, 2.05) is 12.1 Å². The van der Waals surface area contributed by atoms with Crippen LogP contribution in [0.5, 0.6) is 0 Å². The van der Waals surface area contributed by atoms with Crippen LogP contribution in [-0.4, -0.2) is 41.9 Å². The first-order valence-corrected chi connectivity index (χ1v) is 11.3. The zero-order valence-corrected chi connectivity index (χ0v) is 20.5. The van der Waals surface area contributed by atoms with Crippen molar-refractivity contribution in [3.05, 3.63) is 63.6 Å². The fourth-order valence-electron chi connectivity index (χ4n) is 3.32. The van der Waals surface area contributed by atoms with Crippen molar-refractivity contribution in [1.82, 2.24) is 10.4 Å². The quantitative estimate of drug-likeness (QED) is 0.578. The number of halogens is 2. The van der Waals surface area contributed by atoms with E-state index < -0.39 is 36.2 Å². The molecule has 0 aliphatic carbocycles. The maximum Gasteiger partial charge on any atom is 0.311 e. The minimum Gasteiger partial charge on any atom is -0.455 e. The fourth-order valence-corrected chi connectivity index (χ4v) is 3.67. The van der Waals surface area contributed by atoms with Crippen molar-refractivity contribution in [3.8, 4) is 0 Å². The van der Waals surface area contributed by atoms with Gasteiger partial charge in [-0.05, 0) is 35.2 Å². The summed E-state index contributed by atoms with van der Waals surface area (Å²) < 4.78 is 5.04. The highest BCUT2D eigenvalue weighted by Gasteiger charge is 2.36. The number of benzene rings is 2. The Balaban J connectivity index is 1.50. The van der Waals surface area contributed by atoms with Crippen LogP contribution in [0, 0.1) is 5.92 Å². The largest absolute Gasteiger partial charge is 0.455 e. The summed E-state index contributed by atoms with van der Waals surface area (Å²) >= 11 is 11.9. The molecule has 1 aliphatic rings. The normalized spacial score (nSPS) is 15.7. The second-order valence-electron chi connectivity index (χ2n) is 8.93. The zero-order chi connectivity index (χ0) is 25.0. The van der Waals surface area contributed by atoms with Gasteiger partial charge in [0.2, 0.25) is 5.91 Å². The Hall–Kier alpha value is -3.10. The van der Waals surface area contributed by atoms with Crippen molar-refractivity contribution in [2.75, 3.05) is 18.5 Å². The van der Waals surface area contributed by atoms with Crippen molar-refractivity contribution in [3.63, 3.8) is 0 Å². The Kier molecular flexibility index (Phi) is 7.84. The molecule has 3 rings (SSSR count). The molecule has 0 saturated carbocycles. The Morgan fingerprint density at radius 3 is 2.41 bits per heavy atom. The Labute approximate surface area is 207 Å². The van der Waals surface area contributed by atoms with E-state index in [0.717, 1.165) is 10.6 Å². The van der Waals surface area contributed by atoms with E-state index in [2.05, 4.69) is 31.5 Å². The minimum atomic E-state index is -0.807. The number of esters is 1. The maximum atomic E-state index is 12.5. The van der Waals surface area contributed by atoms with Gasteiger partial charge >= 0.3 is 5.97 Å². The molecule has 2 aromatic rings. The molecule has 34 heavy (non-hydrogen) atoms. The maximum absolute atomic E-state index is 12.5. The summed E-state index contributed by atoms with van der Waals surface area (Å²) in [5.41, 5.74) is 4.23. The smallest absolute Gasteiger partial charge is 0.311 e. The third-order valence-electron chi connectivity index (χ3n) is 5.28. The van der Waals surface area contributed by atoms with Crippen molar-refractivity contribution in [2.24, 2.45) is 5.92 Å². The number of nitrogens with one attached hydrogen (secondary N) is 2. The van der Waals surface area contributed by atoms with Gasteiger partial charge in [0.15, 0.2) is 6.61 Å². The molecular weight excluding hydrogens is 481 g/mol. The highest BCUT2D eigenvalue weighted by molar-refractivity contribution is 6.44. The number of ether oxygens (including phenoxy) is 1. The lowest BCUT2D eigenvalue weighted by Crippen LogP contribution is -2.43. The fraction of sp³-hybridized carbons (Fsp3) is 0.333. The molecule has 3 amide bonds. The SMILES string of the molecule is CC(C)(C)c1ccc(C(=O)NN2C[C@H](C(=O)OCC(=O)Nc3cccc(Cl)c3Cl)CC2=O)cc1. The molecule has 1 atom stereocenters. The third-order valence-corrected chi connectivity index (χ3v) is 6.10. The summed E-state index contributed by atoms with van der Waals surface area (Å²) in [6.45, 7) is 5.60. The summed E-state index contributed by atoms with van der Waals surface area (Å²) in [5.74, 6) is -3.01. The van der Waals surface area contributed by atoms with E-state index in [1.165, 1.54) is 0 Å². The van der Waals surface area contributed by atoms with Crippen LogP contribution < -0.4 is 10.7 Å². The number of hydrogen-bond acceptors (Lipinski definition) is 5. The number of rotatable bonds is 6. The van der Waals surface area contributed by atoms with E-state index in [-0.39, 0.29) is 34.1 Å². The van der Waals surface area contributed by atoms with Crippen LogP contribution in [0.25, 0.3) is 0 Å². The van der Waals surface area contributed by atoms with E-state index >= 15 is 0 Å². The van der Waals surface area contributed by atoms with Gasteiger partial charge in [-0.15, -0.1) is 0 Å². The standard InChI is InChI=1S/C24H25Cl2N3O5/c1-24(2,3)16-9-7-14(8-10-16)22(32)28-29-12-15(11-20(29)31)23(33)34-13-19(30)27-18-6-4-5-17(25)21(18)26/h4-10,15H,11-13H2,1-3H3,(H,27,30)(H,28,32)/t15-/m1/s1. The van der Waals surface area contributed by atoms with E-state index in [0.29, 0.717) is 5.56 Å². The van der Waals surface area contributed by atoms with Crippen molar-refractivity contribution < 1.29 is 23.9 Å². The van der Waals surface area contributed by atoms with Crippen LogP contribution in [0.4, 0.5) is 5.69 Å². The molecule has 180 valence electrons. The zero-order valence-electron chi connectivity index (χ0n) is 19.0. The Morgan fingerprint density at radius 2 is 1.76 bits per heavy atom. The predicted molar refractivity (Wildman–Crippen MR) is 128 cm³/mol. The molecule has 2 aromatic carbocycles. The molecule has 8 nitrogen and oxygen atoms in total. The predicted octanol–water partition coefficient (Wildman–Crippen LogP) is 3.97. The van der Waals surface area contributed by atoms with Gasteiger partial charge in [-0.25, -0.2) is 0 Å². The minimum absolute atomic E-state index is 0.0504. The summed E-state index contributed by atoms with van der Waals surface area (Å²) in [6.07, 6.45) is -0.135. The lowest BCUT2D eigenvalue weighted by molar-refractivity contribution is -0.151. The molecule has 0 unspecified atom stereocenters. The summed E-state index contributed by atoms with van der Waals surface area (Å²) in [4.78, 5) is 49.3. The Morgan fingerprint density at radius 1 is 1.09 bits per heavy atom. The van der Waals surface area contributed by atoms with Crippen LogP contribution >= 0.6 is 23.2 Å². The molecule has 1 fully saturated rings. The second-order valence-corrected chi connectivity index (χ2v) is 9.72. The number of anilines is 1. The Bertz CT molecular complexity index is 1110. The topological polar surface area (TPSA) is 105 Å².